The molecule has 0 atom stereocenters. The third-order valence-corrected chi connectivity index (χ3v) is 4.38. The molecule has 0 saturated heterocycles. The first kappa shape index (κ1) is 16.2. The van der Waals surface area contributed by atoms with E-state index in [1.165, 1.54) is 30.6 Å². The minimum Gasteiger partial charge on any atom is -0.490 e. The molecule has 3 rings (SSSR count). The van der Waals surface area contributed by atoms with Gasteiger partial charge in [-0.25, -0.2) is 9.78 Å². The number of aromatic nitrogens is 2. The van der Waals surface area contributed by atoms with E-state index in [0.29, 0.717) is 15.8 Å². The summed E-state index contributed by atoms with van der Waals surface area (Å²) in [5, 5.41) is 13.2. The zero-order valence-corrected chi connectivity index (χ0v) is 13.8. The monoisotopic (exact) mass is 367 g/mol. The first-order chi connectivity index (χ1) is 11.5. The molecule has 2 aromatic heterocycles. The van der Waals surface area contributed by atoms with Crippen LogP contribution < -0.4 is 4.74 Å². The van der Waals surface area contributed by atoms with Crippen LogP contribution in [-0.2, 0) is 11.3 Å². The predicted molar refractivity (Wildman–Crippen MR) is 86.8 cm³/mol. The van der Waals surface area contributed by atoms with Gasteiger partial charge in [-0.15, -0.1) is 11.3 Å². The van der Waals surface area contributed by atoms with Crippen molar-refractivity contribution in [3.8, 4) is 5.75 Å². The SMILES string of the molecule is COc1ccc(C(=O)OCc2nc3sccn3c2Cl)cc1[N+](=O)[O-]. The molecule has 0 N–H and O–H groups in total. The lowest BCUT2D eigenvalue weighted by Gasteiger charge is -2.05. The lowest BCUT2D eigenvalue weighted by atomic mass is 10.2. The van der Waals surface area contributed by atoms with Gasteiger partial charge in [-0.1, -0.05) is 11.6 Å². The first-order valence-electron chi connectivity index (χ1n) is 6.60. The maximum atomic E-state index is 12.1. The van der Waals surface area contributed by atoms with Crippen LogP contribution in [0.15, 0.2) is 29.8 Å². The number of hydrogen-bond donors (Lipinski definition) is 0. The zero-order chi connectivity index (χ0) is 17.3. The molecule has 0 aliphatic carbocycles. The molecule has 0 aliphatic rings. The summed E-state index contributed by atoms with van der Waals surface area (Å²) in [7, 11) is 1.31. The average molecular weight is 368 g/mol. The van der Waals surface area contributed by atoms with Crippen LogP contribution >= 0.6 is 22.9 Å². The highest BCUT2D eigenvalue weighted by Crippen LogP contribution is 2.28. The van der Waals surface area contributed by atoms with E-state index in [1.54, 1.807) is 10.6 Å². The van der Waals surface area contributed by atoms with Crippen LogP contribution in [0, 0.1) is 10.1 Å². The number of nitrogens with zero attached hydrogens (tertiary/aromatic N) is 3. The van der Waals surface area contributed by atoms with Crippen LogP contribution in [0.2, 0.25) is 5.15 Å². The second-order valence-electron chi connectivity index (χ2n) is 4.62. The van der Waals surface area contributed by atoms with Crippen molar-refractivity contribution >= 4 is 39.6 Å². The van der Waals surface area contributed by atoms with Crippen LogP contribution in [-0.4, -0.2) is 27.4 Å². The highest BCUT2D eigenvalue weighted by Gasteiger charge is 2.20. The Morgan fingerprint density at radius 2 is 2.29 bits per heavy atom. The first-order valence-corrected chi connectivity index (χ1v) is 7.86. The number of esters is 1. The summed E-state index contributed by atoms with van der Waals surface area (Å²) in [5.41, 5.74) is 0.145. The summed E-state index contributed by atoms with van der Waals surface area (Å²) >= 11 is 7.54. The number of benzene rings is 1. The fourth-order valence-electron chi connectivity index (χ4n) is 2.07. The molecule has 0 amide bonds. The predicted octanol–water partition coefficient (Wildman–Crippen LogP) is 3.32. The number of imidazole rings is 1. The van der Waals surface area contributed by atoms with Crippen molar-refractivity contribution in [2.45, 2.75) is 6.61 Å². The van der Waals surface area contributed by atoms with Gasteiger partial charge in [0.1, 0.15) is 17.5 Å². The Morgan fingerprint density at radius 3 is 2.96 bits per heavy atom. The molecule has 0 aliphatic heterocycles. The topological polar surface area (TPSA) is 96.0 Å². The van der Waals surface area contributed by atoms with E-state index >= 15 is 0 Å². The fraction of sp³-hybridized carbons (Fsp3) is 0.143. The normalized spacial score (nSPS) is 10.8. The zero-order valence-electron chi connectivity index (χ0n) is 12.3. The van der Waals surface area contributed by atoms with Crippen LogP contribution in [0.5, 0.6) is 5.75 Å². The minimum absolute atomic E-state index is 0.0413. The molecule has 0 saturated carbocycles. The minimum atomic E-state index is -0.715. The van der Waals surface area contributed by atoms with Crippen molar-refractivity contribution in [3.05, 3.63) is 56.3 Å². The van der Waals surface area contributed by atoms with Crippen molar-refractivity contribution in [2.24, 2.45) is 0 Å². The van der Waals surface area contributed by atoms with Crippen LogP contribution in [0.4, 0.5) is 5.69 Å². The van der Waals surface area contributed by atoms with Gasteiger partial charge < -0.3 is 9.47 Å². The molecule has 2 heterocycles. The molecule has 24 heavy (non-hydrogen) atoms. The Morgan fingerprint density at radius 1 is 1.50 bits per heavy atom. The van der Waals surface area contributed by atoms with E-state index in [4.69, 9.17) is 21.1 Å². The number of methoxy groups -OCH3 is 1. The molecule has 10 heteroatoms. The number of halogens is 1. The molecular weight excluding hydrogens is 358 g/mol. The van der Waals surface area contributed by atoms with Crippen molar-refractivity contribution < 1.29 is 19.2 Å². The van der Waals surface area contributed by atoms with Crippen molar-refractivity contribution in [1.82, 2.24) is 9.38 Å². The van der Waals surface area contributed by atoms with Crippen molar-refractivity contribution in [1.29, 1.82) is 0 Å². The Hall–Kier alpha value is -2.65. The van der Waals surface area contributed by atoms with Crippen LogP contribution in [0.1, 0.15) is 16.1 Å². The fourth-order valence-corrected chi connectivity index (χ4v) is 3.09. The molecule has 0 radical (unpaired) electrons. The van der Waals surface area contributed by atoms with E-state index in [9.17, 15) is 14.9 Å². The highest BCUT2D eigenvalue weighted by atomic mass is 35.5. The largest absolute Gasteiger partial charge is 0.490 e. The molecule has 8 nitrogen and oxygen atoms in total. The summed E-state index contributed by atoms with van der Waals surface area (Å²) in [6.07, 6.45) is 1.76. The number of carbonyl (C=O) groups excluding carboxylic acids is 1. The Kier molecular flexibility index (Phi) is 4.36. The number of fused-ring (bicyclic) bond motifs is 1. The van der Waals surface area contributed by atoms with E-state index in [-0.39, 0.29) is 23.6 Å². The number of rotatable bonds is 5. The lowest BCUT2D eigenvalue weighted by molar-refractivity contribution is -0.385. The number of nitro groups is 1. The maximum Gasteiger partial charge on any atom is 0.338 e. The Labute approximate surface area is 144 Å². The molecule has 0 bridgehead atoms. The molecule has 0 spiro atoms. The van der Waals surface area contributed by atoms with Crippen molar-refractivity contribution in [2.75, 3.05) is 7.11 Å². The molecule has 0 fully saturated rings. The third kappa shape index (κ3) is 2.91. The smallest absolute Gasteiger partial charge is 0.338 e. The summed E-state index contributed by atoms with van der Waals surface area (Å²) in [5.74, 6) is -0.651. The van der Waals surface area contributed by atoms with Gasteiger partial charge in [0.05, 0.1) is 17.6 Å². The van der Waals surface area contributed by atoms with E-state index in [1.807, 2.05) is 5.38 Å². The number of carbonyl (C=O) groups is 1. The molecule has 3 aromatic rings. The van der Waals surface area contributed by atoms with Crippen LogP contribution in [0.3, 0.4) is 0 Å². The quantitative estimate of drug-likeness (QED) is 0.390. The molecule has 1 aromatic carbocycles. The summed E-state index contributed by atoms with van der Waals surface area (Å²) < 4.78 is 11.7. The number of nitro benzene ring substituents is 1. The van der Waals surface area contributed by atoms with Gasteiger partial charge >= 0.3 is 11.7 Å². The van der Waals surface area contributed by atoms with Gasteiger partial charge in [-0.2, -0.15) is 0 Å². The molecule has 124 valence electrons. The van der Waals surface area contributed by atoms with Gasteiger partial charge in [0, 0.05) is 17.6 Å². The van der Waals surface area contributed by atoms with E-state index in [0.717, 1.165) is 6.07 Å². The second kappa shape index (κ2) is 6.46. The summed E-state index contributed by atoms with van der Waals surface area (Å²) in [6, 6.07) is 3.84. The summed E-state index contributed by atoms with van der Waals surface area (Å²) in [6.45, 7) is -0.133. The van der Waals surface area contributed by atoms with Gasteiger partial charge in [-0.05, 0) is 12.1 Å². The third-order valence-electron chi connectivity index (χ3n) is 3.22. The van der Waals surface area contributed by atoms with Crippen LogP contribution in [0.25, 0.3) is 4.96 Å². The molecular formula is C14H10ClN3O5S. The van der Waals surface area contributed by atoms with Crippen molar-refractivity contribution in [3.63, 3.8) is 0 Å². The van der Waals surface area contributed by atoms with Gasteiger partial charge in [0.15, 0.2) is 10.7 Å². The second-order valence-corrected chi connectivity index (χ2v) is 5.86. The van der Waals surface area contributed by atoms with Gasteiger partial charge in [0.2, 0.25) is 0 Å². The highest BCUT2D eigenvalue weighted by molar-refractivity contribution is 7.15. The lowest BCUT2D eigenvalue weighted by Crippen LogP contribution is -2.07. The Bertz CT molecular complexity index is 936. The van der Waals surface area contributed by atoms with Gasteiger partial charge in [-0.3, -0.25) is 14.5 Å². The number of hydrogen-bond acceptors (Lipinski definition) is 7. The number of thiazole rings is 1. The Balaban J connectivity index is 1.77. The van der Waals surface area contributed by atoms with E-state index in [2.05, 4.69) is 4.98 Å². The molecule has 0 unspecified atom stereocenters. The average Bonchev–Trinajstić information content (AvgIpc) is 3.15. The van der Waals surface area contributed by atoms with Gasteiger partial charge in [0.25, 0.3) is 0 Å². The summed E-state index contributed by atoms with van der Waals surface area (Å²) in [4.78, 5) is 27.4. The maximum absolute atomic E-state index is 12.1. The van der Waals surface area contributed by atoms with E-state index < -0.39 is 10.9 Å². The number of ether oxygens (including phenoxy) is 2. The standard InChI is InChI=1S/C14H10ClN3O5S/c1-22-11-3-2-8(6-10(11)18(20)21)13(19)23-7-9-12(15)17-4-5-24-14(17)16-9/h2-6H,7H2,1H3.